The van der Waals surface area contributed by atoms with Crippen molar-refractivity contribution in [2.45, 2.75) is 20.4 Å². The second-order valence-electron chi connectivity index (χ2n) is 6.36. The Morgan fingerprint density at radius 1 is 1.18 bits per heavy atom. The fraction of sp³-hybridized carbons (Fsp3) is 0.200. The van der Waals surface area contributed by atoms with Crippen LogP contribution in [0.3, 0.4) is 0 Å². The van der Waals surface area contributed by atoms with E-state index >= 15 is 0 Å². The van der Waals surface area contributed by atoms with Gasteiger partial charge in [0.15, 0.2) is 5.65 Å². The SMILES string of the molecule is CCOc1ccc(NC(=O)Cn2nc3c4cccc(C)c4ncn3c2=O)cc1. The number of carbonyl (C=O) groups is 1. The molecule has 0 aliphatic heterocycles. The smallest absolute Gasteiger partial charge is 0.352 e. The summed E-state index contributed by atoms with van der Waals surface area (Å²) < 4.78 is 7.87. The molecule has 0 unspecified atom stereocenters. The number of amides is 1. The van der Waals surface area contributed by atoms with Crippen molar-refractivity contribution < 1.29 is 9.53 Å². The van der Waals surface area contributed by atoms with Crippen LogP contribution in [0.25, 0.3) is 16.6 Å². The molecular formula is C20H19N5O3. The molecule has 0 aliphatic carbocycles. The molecule has 142 valence electrons. The molecule has 8 nitrogen and oxygen atoms in total. The summed E-state index contributed by atoms with van der Waals surface area (Å²) in [5.74, 6) is 0.384. The van der Waals surface area contributed by atoms with Crippen molar-refractivity contribution in [2.75, 3.05) is 11.9 Å². The van der Waals surface area contributed by atoms with Crippen LogP contribution < -0.4 is 15.7 Å². The number of para-hydroxylation sites is 1. The summed E-state index contributed by atoms with van der Waals surface area (Å²) in [6, 6.07) is 12.7. The fourth-order valence-electron chi connectivity index (χ4n) is 3.07. The van der Waals surface area contributed by atoms with Crippen LogP contribution in [0.5, 0.6) is 5.75 Å². The van der Waals surface area contributed by atoms with Gasteiger partial charge in [0, 0.05) is 11.1 Å². The van der Waals surface area contributed by atoms with Crippen LogP contribution in [-0.4, -0.2) is 31.7 Å². The van der Waals surface area contributed by atoms with Gasteiger partial charge in [-0.3, -0.25) is 4.79 Å². The number of nitrogens with one attached hydrogen (secondary N) is 1. The van der Waals surface area contributed by atoms with E-state index in [1.807, 2.05) is 32.0 Å². The van der Waals surface area contributed by atoms with Crippen molar-refractivity contribution in [1.29, 1.82) is 0 Å². The van der Waals surface area contributed by atoms with Crippen LogP contribution in [0.4, 0.5) is 5.69 Å². The van der Waals surface area contributed by atoms with Crippen molar-refractivity contribution in [3.8, 4) is 5.75 Å². The lowest BCUT2D eigenvalue weighted by Crippen LogP contribution is -2.28. The van der Waals surface area contributed by atoms with E-state index < -0.39 is 5.69 Å². The Labute approximate surface area is 160 Å². The number of ether oxygens (including phenoxy) is 1. The number of benzene rings is 2. The highest BCUT2D eigenvalue weighted by Crippen LogP contribution is 2.18. The van der Waals surface area contributed by atoms with E-state index in [-0.39, 0.29) is 12.5 Å². The van der Waals surface area contributed by atoms with Gasteiger partial charge in [-0.2, -0.15) is 0 Å². The maximum Gasteiger partial charge on any atom is 0.352 e. The monoisotopic (exact) mass is 377 g/mol. The van der Waals surface area contributed by atoms with E-state index in [2.05, 4.69) is 15.4 Å². The lowest BCUT2D eigenvalue weighted by molar-refractivity contribution is -0.117. The minimum absolute atomic E-state index is 0.193. The van der Waals surface area contributed by atoms with Crippen molar-refractivity contribution in [1.82, 2.24) is 19.2 Å². The summed E-state index contributed by atoms with van der Waals surface area (Å²) in [5.41, 5.74) is 2.47. The maximum atomic E-state index is 12.6. The zero-order chi connectivity index (χ0) is 19.7. The van der Waals surface area contributed by atoms with Crippen LogP contribution in [-0.2, 0) is 11.3 Å². The van der Waals surface area contributed by atoms with Gasteiger partial charge in [-0.05, 0) is 49.7 Å². The first-order valence-electron chi connectivity index (χ1n) is 8.93. The Kier molecular flexibility index (Phi) is 4.52. The van der Waals surface area contributed by atoms with Gasteiger partial charge in [0.05, 0.1) is 12.1 Å². The molecule has 0 bridgehead atoms. The van der Waals surface area contributed by atoms with Gasteiger partial charge in [0.25, 0.3) is 0 Å². The molecular weight excluding hydrogens is 358 g/mol. The average molecular weight is 377 g/mol. The zero-order valence-corrected chi connectivity index (χ0v) is 15.5. The molecule has 4 aromatic rings. The maximum absolute atomic E-state index is 12.6. The van der Waals surface area contributed by atoms with E-state index in [9.17, 15) is 9.59 Å². The molecule has 1 N–H and O–H groups in total. The Bertz CT molecular complexity index is 1220. The number of fused-ring (bicyclic) bond motifs is 3. The Balaban J connectivity index is 1.60. The number of hydrogen-bond acceptors (Lipinski definition) is 5. The Hall–Kier alpha value is -3.68. The highest BCUT2D eigenvalue weighted by molar-refractivity contribution is 5.93. The average Bonchev–Trinajstić information content (AvgIpc) is 3.00. The Morgan fingerprint density at radius 3 is 2.71 bits per heavy atom. The first-order valence-corrected chi connectivity index (χ1v) is 8.93. The molecule has 0 atom stereocenters. The third-order valence-corrected chi connectivity index (χ3v) is 4.39. The normalized spacial score (nSPS) is 11.1. The largest absolute Gasteiger partial charge is 0.494 e. The number of hydrogen-bond donors (Lipinski definition) is 1. The quantitative estimate of drug-likeness (QED) is 0.577. The molecule has 1 amide bonds. The molecule has 8 heteroatoms. The summed E-state index contributed by atoms with van der Waals surface area (Å²) in [7, 11) is 0. The van der Waals surface area contributed by atoms with Gasteiger partial charge in [-0.15, -0.1) is 5.10 Å². The van der Waals surface area contributed by atoms with Crippen LogP contribution in [0.2, 0.25) is 0 Å². The first-order chi connectivity index (χ1) is 13.6. The van der Waals surface area contributed by atoms with Gasteiger partial charge in [-0.25, -0.2) is 18.9 Å². The highest BCUT2D eigenvalue weighted by atomic mass is 16.5. The van der Waals surface area contributed by atoms with Gasteiger partial charge in [-0.1, -0.05) is 12.1 Å². The minimum Gasteiger partial charge on any atom is -0.494 e. The third-order valence-electron chi connectivity index (χ3n) is 4.39. The lowest BCUT2D eigenvalue weighted by Gasteiger charge is -2.06. The summed E-state index contributed by atoms with van der Waals surface area (Å²) in [6.45, 7) is 4.24. The molecule has 4 rings (SSSR count). The standard InChI is InChI=1S/C20H19N5O3/c1-3-28-15-9-7-14(8-10-15)22-17(26)11-25-20(27)24-12-21-18-13(2)5-4-6-16(18)19(24)23-25/h4-10,12H,3,11H2,1-2H3,(H,22,26). The van der Waals surface area contributed by atoms with Crippen molar-refractivity contribution in [3.05, 3.63) is 64.8 Å². The fourth-order valence-corrected chi connectivity index (χ4v) is 3.07. The van der Waals surface area contributed by atoms with Crippen molar-refractivity contribution in [3.63, 3.8) is 0 Å². The van der Waals surface area contributed by atoms with Gasteiger partial charge in [0.2, 0.25) is 5.91 Å². The number of aromatic nitrogens is 4. The van der Waals surface area contributed by atoms with Crippen LogP contribution in [0, 0.1) is 6.92 Å². The predicted octanol–water partition coefficient (Wildman–Crippen LogP) is 2.39. The molecule has 0 spiro atoms. The number of carbonyl (C=O) groups excluding carboxylic acids is 1. The summed E-state index contributed by atoms with van der Waals surface area (Å²) in [4.78, 5) is 29.3. The Morgan fingerprint density at radius 2 is 1.96 bits per heavy atom. The lowest BCUT2D eigenvalue weighted by atomic mass is 10.1. The summed E-state index contributed by atoms with van der Waals surface area (Å²) in [5, 5.41) is 7.88. The second-order valence-corrected chi connectivity index (χ2v) is 6.36. The van der Waals surface area contributed by atoms with Crippen LogP contribution in [0.15, 0.2) is 53.6 Å². The highest BCUT2D eigenvalue weighted by Gasteiger charge is 2.14. The number of aryl methyl sites for hydroxylation is 1. The van der Waals surface area contributed by atoms with E-state index in [0.717, 1.165) is 26.9 Å². The second kappa shape index (κ2) is 7.15. The van der Waals surface area contributed by atoms with E-state index in [1.54, 1.807) is 24.3 Å². The van der Waals surface area contributed by atoms with Crippen molar-refractivity contribution in [2.24, 2.45) is 0 Å². The zero-order valence-electron chi connectivity index (χ0n) is 15.5. The number of rotatable bonds is 5. The molecule has 0 radical (unpaired) electrons. The first kappa shape index (κ1) is 17.7. The molecule has 2 heterocycles. The minimum atomic E-state index is -0.409. The van der Waals surface area contributed by atoms with Gasteiger partial charge < -0.3 is 10.1 Å². The predicted molar refractivity (Wildman–Crippen MR) is 106 cm³/mol. The van der Waals surface area contributed by atoms with E-state index in [4.69, 9.17) is 4.74 Å². The van der Waals surface area contributed by atoms with E-state index in [1.165, 1.54) is 10.7 Å². The van der Waals surface area contributed by atoms with E-state index in [0.29, 0.717) is 17.9 Å². The number of nitrogens with zero attached hydrogens (tertiary/aromatic N) is 4. The molecule has 0 fully saturated rings. The molecule has 2 aromatic heterocycles. The summed E-state index contributed by atoms with van der Waals surface area (Å²) >= 11 is 0. The van der Waals surface area contributed by atoms with Gasteiger partial charge in [0.1, 0.15) is 18.6 Å². The number of anilines is 1. The van der Waals surface area contributed by atoms with Crippen LogP contribution >= 0.6 is 0 Å². The van der Waals surface area contributed by atoms with Crippen molar-refractivity contribution >= 4 is 28.1 Å². The van der Waals surface area contributed by atoms with Gasteiger partial charge >= 0.3 is 5.69 Å². The molecule has 0 saturated carbocycles. The summed E-state index contributed by atoms with van der Waals surface area (Å²) in [6.07, 6.45) is 1.45. The third kappa shape index (κ3) is 3.20. The van der Waals surface area contributed by atoms with Crippen LogP contribution in [0.1, 0.15) is 12.5 Å². The molecule has 28 heavy (non-hydrogen) atoms. The topological polar surface area (TPSA) is 90.5 Å². The molecule has 0 aliphatic rings. The molecule has 2 aromatic carbocycles. The molecule has 0 saturated heterocycles.